The van der Waals surface area contributed by atoms with Gasteiger partial charge in [-0.2, -0.15) is 0 Å². The first-order valence-electron chi connectivity index (χ1n) is 9.79. The van der Waals surface area contributed by atoms with Gasteiger partial charge in [-0.3, -0.25) is 0 Å². The molecule has 1 unspecified atom stereocenters. The van der Waals surface area contributed by atoms with Gasteiger partial charge in [0.25, 0.3) is 0 Å². The third kappa shape index (κ3) is 9.38. The van der Waals surface area contributed by atoms with E-state index in [1.807, 2.05) is 45.0 Å². The molecule has 0 amide bonds. The third-order valence-electron chi connectivity index (χ3n) is 4.05. The van der Waals surface area contributed by atoms with E-state index in [0.29, 0.717) is 43.2 Å². The van der Waals surface area contributed by atoms with E-state index in [1.165, 1.54) is 11.3 Å². The lowest BCUT2D eigenvalue weighted by Gasteiger charge is -2.15. The van der Waals surface area contributed by atoms with Crippen molar-refractivity contribution in [3.8, 4) is 5.75 Å². The number of aryl methyl sites for hydroxylation is 1. The molecule has 30 heavy (non-hydrogen) atoms. The summed E-state index contributed by atoms with van der Waals surface area (Å²) in [5.74, 6) is 1.45. The molecule has 0 radical (unpaired) electrons. The number of aliphatic imine (C=N–C) groups is 1. The molecule has 1 heterocycles. The molecule has 2 rings (SSSR count). The molecule has 2 aromatic rings. The summed E-state index contributed by atoms with van der Waals surface area (Å²) in [5.41, 5.74) is 2.13. The van der Waals surface area contributed by atoms with E-state index in [9.17, 15) is 5.11 Å². The quantitative estimate of drug-likeness (QED) is 0.161. The fourth-order valence-corrected chi connectivity index (χ4v) is 3.64. The van der Waals surface area contributed by atoms with E-state index < -0.39 is 6.10 Å². The number of hydrogen-bond acceptors (Lipinski definition) is 5. The molecule has 1 aromatic carbocycles. The lowest BCUT2D eigenvalue weighted by Crippen LogP contribution is -2.39. The van der Waals surface area contributed by atoms with Gasteiger partial charge in [-0.25, -0.2) is 4.99 Å². The molecule has 1 aromatic heterocycles. The van der Waals surface area contributed by atoms with Crippen LogP contribution < -0.4 is 15.4 Å². The molecule has 9 heteroatoms. The van der Waals surface area contributed by atoms with Crippen molar-refractivity contribution >= 4 is 52.9 Å². The summed E-state index contributed by atoms with van der Waals surface area (Å²) in [7, 11) is 0. The van der Waals surface area contributed by atoms with Crippen LogP contribution in [-0.2, 0) is 11.3 Å². The Hall–Kier alpha value is -1.07. The van der Waals surface area contributed by atoms with Gasteiger partial charge in [-0.15, -0.1) is 35.3 Å². The number of benzene rings is 1. The summed E-state index contributed by atoms with van der Waals surface area (Å²) in [4.78, 5) is 5.46. The first-order valence-corrected chi connectivity index (χ1v) is 11.0. The molecule has 3 N–H and O–H groups in total. The lowest BCUT2D eigenvalue weighted by atomic mass is 10.1. The minimum atomic E-state index is -0.645. The van der Waals surface area contributed by atoms with E-state index in [2.05, 4.69) is 15.6 Å². The number of nitrogens with zero attached hydrogens (tertiary/aromatic N) is 1. The van der Waals surface area contributed by atoms with Crippen LogP contribution in [0, 0.1) is 6.92 Å². The second-order valence-electron chi connectivity index (χ2n) is 6.39. The summed E-state index contributed by atoms with van der Waals surface area (Å²) < 4.78 is 11.9. The van der Waals surface area contributed by atoms with Gasteiger partial charge in [0, 0.05) is 30.1 Å². The molecule has 0 saturated carbocycles. The van der Waals surface area contributed by atoms with Gasteiger partial charge < -0.3 is 25.2 Å². The van der Waals surface area contributed by atoms with E-state index >= 15 is 0 Å². The predicted molar refractivity (Wildman–Crippen MR) is 136 cm³/mol. The molecule has 0 aliphatic rings. The smallest absolute Gasteiger partial charge is 0.191 e. The first-order chi connectivity index (χ1) is 14.0. The molecular weight excluding hydrogens is 537 g/mol. The van der Waals surface area contributed by atoms with Crippen LogP contribution in [-0.4, -0.2) is 44.0 Å². The van der Waals surface area contributed by atoms with Crippen molar-refractivity contribution < 1.29 is 14.6 Å². The van der Waals surface area contributed by atoms with E-state index in [1.54, 1.807) is 6.07 Å². The normalized spacial score (nSPS) is 12.2. The van der Waals surface area contributed by atoms with Crippen molar-refractivity contribution in [1.82, 2.24) is 10.6 Å². The monoisotopic (exact) mass is 567 g/mol. The molecule has 0 saturated heterocycles. The second-order valence-corrected chi connectivity index (χ2v) is 8.14. The summed E-state index contributed by atoms with van der Waals surface area (Å²) >= 11 is 7.32. The number of aliphatic hydroxyl groups is 1. The minimum Gasteiger partial charge on any atom is -0.491 e. The van der Waals surface area contributed by atoms with Crippen LogP contribution in [0.2, 0.25) is 4.34 Å². The van der Waals surface area contributed by atoms with Crippen LogP contribution >= 0.6 is 46.9 Å². The largest absolute Gasteiger partial charge is 0.491 e. The van der Waals surface area contributed by atoms with Crippen LogP contribution in [0.3, 0.4) is 0 Å². The van der Waals surface area contributed by atoms with Crippen LogP contribution in [0.1, 0.15) is 36.0 Å². The summed E-state index contributed by atoms with van der Waals surface area (Å²) in [6.07, 6.45) is -0.645. The maximum atomic E-state index is 10.3. The molecule has 0 fully saturated rings. The summed E-state index contributed by atoms with van der Waals surface area (Å²) in [6, 6.07) is 9.71. The van der Waals surface area contributed by atoms with E-state index in [4.69, 9.17) is 21.1 Å². The summed E-state index contributed by atoms with van der Waals surface area (Å²) in [6.45, 7) is 9.26. The zero-order valence-corrected chi connectivity index (χ0v) is 21.5. The van der Waals surface area contributed by atoms with Crippen LogP contribution in [0.25, 0.3) is 0 Å². The van der Waals surface area contributed by atoms with Crippen molar-refractivity contribution in [2.45, 2.75) is 33.4 Å². The molecule has 168 valence electrons. The zero-order valence-electron chi connectivity index (χ0n) is 17.6. The molecule has 0 bridgehead atoms. The molecular formula is C21H31ClIN3O3S. The minimum absolute atomic E-state index is 0. The van der Waals surface area contributed by atoms with Crippen molar-refractivity contribution in [3.05, 3.63) is 50.7 Å². The fraction of sp³-hybridized carbons (Fsp3) is 0.476. The topological polar surface area (TPSA) is 75.1 Å². The Labute approximate surface area is 205 Å². The fourth-order valence-electron chi connectivity index (χ4n) is 2.59. The van der Waals surface area contributed by atoms with Crippen LogP contribution in [0.15, 0.2) is 35.3 Å². The van der Waals surface area contributed by atoms with Gasteiger partial charge in [-0.05, 0) is 44.5 Å². The predicted octanol–water partition coefficient (Wildman–Crippen LogP) is 4.53. The first kappa shape index (κ1) is 27.0. The Morgan fingerprint density at radius 2 is 2.00 bits per heavy atom. The van der Waals surface area contributed by atoms with Gasteiger partial charge in [0.2, 0.25) is 0 Å². The molecule has 0 aliphatic heterocycles. The standard InChI is InChI=1S/C21H30ClN3O3S.HI/c1-4-23-21(25-14-17(26)19-8-9-20(22)29-19)24-13-16-7-6-15(3)12-18(16)28-11-10-27-5-2;/h6-9,12,17,26H,4-5,10-11,13-14H2,1-3H3,(H2,23,24,25);1H. The Bertz CT molecular complexity index is 789. The maximum Gasteiger partial charge on any atom is 0.191 e. The van der Waals surface area contributed by atoms with Crippen molar-refractivity contribution in [3.63, 3.8) is 0 Å². The highest BCUT2D eigenvalue weighted by molar-refractivity contribution is 14.0. The Kier molecular flexibility index (Phi) is 13.3. The third-order valence-corrected chi connectivity index (χ3v) is 5.38. The SMILES string of the molecule is CCNC(=NCc1ccc(C)cc1OCCOCC)NCC(O)c1ccc(Cl)s1.I. The number of aliphatic hydroxyl groups excluding tert-OH is 1. The van der Waals surface area contributed by atoms with Crippen molar-refractivity contribution in [2.75, 3.05) is 32.9 Å². The van der Waals surface area contributed by atoms with E-state index in [0.717, 1.165) is 28.3 Å². The van der Waals surface area contributed by atoms with E-state index in [-0.39, 0.29) is 24.0 Å². The van der Waals surface area contributed by atoms with Gasteiger partial charge in [0.1, 0.15) is 18.5 Å². The number of halogens is 2. The van der Waals surface area contributed by atoms with Gasteiger partial charge >= 0.3 is 0 Å². The highest BCUT2D eigenvalue weighted by atomic mass is 127. The van der Waals surface area contributed by atoms with Crippen LogP contribution in [0.4, 0.5) is 0 Å². The molecule has 6 nitrogen and oxygen atoms in total. The molecule has 0 aliphatic carbocycles. The number of nitrogens with one attached hydrogen (secondary N) is 2. The average Bonchev–Trinajstić information content (AvgIpc) is 3.14. The number of rotatable bonds is 11. The van der Waals surface area contributed by atoms with Crippen LogP contribution in [0.5, 0.6) is 5.75 Å². The lowest BCUT2D eigenvalue weighted by molar-refractivity contribution is 0.110. The molecule has 1 atom stereocenters. The number of hydrogen-bond donors (Lipinski definition) is 3. The van der Waals surface area contributed by atoms with Crippen molar-refractivity contribution in [1.29, 1.82) is 0 Å². The highest BCUT2D eigenvalue weighted by Gasteiger charge is 2.11. The second kappa shape index (κ2) is 14.9. The molecule has 0 spiro atoms. The van der Waals surface area contributed by atoms with Gasteiger partial charge in [0.15, 0.2) is 5.96 Å². The number of thiophene rings is 1. The number of guanidine groups is 1. The number of ether oxygens (including phenoxy) is 2. The van der Waals surface area contributed by atoms with Gasteiger partial charge in [0.05, 0.1) is 17.5 Å². The van der Waals surface area contributed by atoms with Crippen molar-refractivity contribution in [2.24, 2.45) is 4.99 Å². The Balaban J connectivity index is 0.00000450. The van der Waals surface area contributed by atoms with Gasteiger partial charge in [-0.1, -0.05) is 23.7 Å². The maximum absolute atomic E-state index is 10.3. The average molecular weight is 568 g/mol. The Morgan fingerprint density at radius 3 is 2.67 bits per heavy atom. The zero-order chi connectivity index (χ0) is 21.1. The summed E-state index contributed by atoms with van der Waals surface area (Å²) in [5, 5.41) is 16.7. The Morgan fingerprint density at radius 1 is 1.20 bits per heavy atom. The highest BCUT2D eigenvalue weighted by Crippen LogP contribution is 2.26.